The van der Waals surface area contributed by atoms with Crippen LogP contribution in [-0.2, 0) is 6.54 Å². The highest BCUT2D eigenvalue weighted by atomic mass is 35.5. The lowest BCUT2D eigenvalue weighted by atomic mass is 9.94. The summed E-state index contributed by atoms with van der Waals surface area (Å²) in [5, 5.41) is 13.3. The first-order valence-corrected chi connectivity index (χ1v) is 8.31. The van der Waals surface area contributed by atoms with E-state index in [2.05, 4.69) is 16.3 Å². The molecule has 0 aliphatic carbocycles. The molecule has 0 aromatic heterocycles. The molecule has 2 atom stereocenters. The second-order valence-electron chi connectivity index (χ2n) is 6.15. The molecule has 2 fully saturated rings. The summed E-state index contributed by atoms with van der Waals surface area (Å²) in [5.74, 6) is 0. The van der Waals surface area contributed by atoms with Crippen molar-refractivity contribution in [1.82, 2.24) is 10.2 Å². The molecule has 0 spiro atoms. The maximum absolute atomic E-state index is 8.93. The van der Waals surface area contributed by atoms with Crippen molar-refractivity contribution in [2.45, 2.75) is 50.7 Å². The molecule has 112 valence electrons. The zero-order valence-corrected chi connectivity index (χ0v) is 13.1. The summed E-state index contributed by atoms with van der Waals surface area (Å²) in [7, 11) is 0. The molecule has 2 heterocycles. The van der Waals surface area contributed by atoms with Crippen molar-refractivity contribution in [2.75, 3.05) is 13.1 Å². The Kier molecular flexibility index (Phi) is 4.80. The molecule has 21 heavy (non-hydrogen) atoms. The average Bonchev–Trinajstić information content (AvgIpc) is 3.04. The largest absolute Gasteiger partial charge is 0.312 e. The van der Waals surface area contributed by atoms with E-state index in [1.165, 1.54) is 32.1 Å². The molecular formula is C17H22ClN3. The number of hydrogen-bond donors (Lipinski definition) is 1. The minimum Gasteiger partial charge on any atom is -0.312 e. The van der Waals surface area contributed by atoms with Gasteiger partial charge in [0, 0.05) is 23.7 Å². The van der Waals surface area contributed by atoms with Gasteiger partial charge in [0.25, 0.3) is 0 Å². The Hall–Kier alpha value is -1.08. The molecule has 3 nitrogen and oxygen atoms in total. The van der Waals surface area contributed by atoms with Gasteiger partial charge in [-0.1, -0.05) is 24.1 Å². The van der Waals surface area contributed by atoms with Gasteiger partial charge in [0.2, 0.25) is 0 Å². The van der Waals surface area contributed by atoms with Gasteiger partial charge >= 0.3 is 0 Å². The fourth-order valence-corrected chi connectivity index (χ4v) is 3.91. The maximum atomic E-state index is 8.93. The molecule has 0 radical (unpaired) electrons. The molecule has 0 amide bonds. The lowest BCUT2D eigenvalue weighted by Crippen LogP contribution is -2.49. The number of hydrogen-bond acceptors (Lipinski definition) is 3. The molecule has 2 aliphatic heterocycles. The predicted octanol–water partition coefficient (Wildman–Crippen LogP) is 3.32. The van der Waals surface area contributed by atoms with Gasteiger partial charge in [0.1, 0.15) is 0 Å². The number of nitrogens with zero attached hydrogens (tertiary/aromatic N) is 2. The van der Waals surface area contributed by atoms with E-state index in [1.54, 1.807) is 6.07 Å². The van der Waals surface area contributed by atoms with Gasteiger partial charge in [0.05, 0.1) is 11.6 Å². The first-order valence-electron chi connectivity index (χ1n) is 7.94. The van der Waals surface area contributed by atoms with Crippen molar-refractivity contribution in [1.29, 1.82) is 5.26 Å². The van der Waals surface area contributed by atoms with Crippen molar-refractivity contribution >= 4 is 11.6 Å². The third kappa shape index (κ3) is 3.40. The van der Waals surface area contributed by atoms with Gasteiger partial charge in [0.15, 0.2) is 0 Å². The summed E-state index contributed by atoms with van der Waals surface area (Å²) >= 11 is 6.34. The van der Waals surface area contributed by atoms with Gasteiger partial charge in [-0.3, -0.25) is 4.90 Å². The van der Waals surface area contributed by atoms with Crippen LogP contribution in [0.1, 0.15) is 43.2 Å². The van der Waals surface area contributed by atoms with E-state index in [-0.39, 0.29) is 0 Å². The summed E-state index contributed by atoms with van der Waals surface area (Å²) < 4.78 is 0. The summed E-state index contributed by atoms with van der Waals surface area (Å²) in [6.45, 7) is 3.21. The average molecular weight is 304 g/mol. The molecule has 0 bridgehead atoms. The van der Waals surface area contributed by atoms with Crippen molar-refractivity contribution < 1.29 is 0 Å². The highest BCUT2D eigenvalue weighted by Gasteiger charge is 2.31. The Morgan fingerprint density at radius 1 is 1.29 bits per heavy atom. The molecular weight excluding hydrogens is 282 g/mol. The summed E-state index contributed by atoms with van der Waals surface area (Å²) in [6, 6.07) is 9.08. The molecule has 3 rings (SSSR count). The number of likely N-dealkylation sites (tertiary alicyclic amines) is 1. The normalized spacial score (nSPS) is 26.7. The summed E-state index contributed by atoms with van der Waals surface area (Å²) in [4.78, 5) is 2.58. The van der Waals surface area contributed by atoms with E-state index in [1.807, 2.05) is 12.1 Å². The minimum atomic E-state index is 0.632. The first-order chi connectivity index (χ1) is 10.3. The van der Waals surface area contributed by atoms with Crippen LogP contribution in [0.3, 0.4) is 0 Å². The Balaban J connectivity index is 1.73. The number of nitriles is 1. The number of halogens is 1. The Bertz CT molecular complexity index is 531. The second kappa shape index (κ2) is 6.79. The molecule has 4 heteroatoms. The molecule has 1 aromatic rings. The lowest BCUT2D eigenvalue weighted by molar-refractivity contribution is 0.112. The Morgan fingerprint density at radius 3 is 2.90 bits per heavy atom. The number of rotatable bonds is 3. The number of nitrogens with one attached hydrogen (secondary N) is 1. The molecule has 2 unspecified atom stereocenters. The molecule has 0 saturated carbocycles. The van der Waals surface area contributed by atoms with Crippen molar-refractivity contribution in [3.05, 3.63) is 34.3 Å². The first kappa shape index (κ1) is 14.8. The lowest BCUT2D eigenvalue weighted by Gasteiger charge is -2.39. The third-order valence-electron chi connectivity index (χ3n) is 4.78. The van der Waals surface area contributed by atoms with Crippen LogP contribution in [0.15, 0.2) is 18.2 Å². The second-order valence-corrected chi connectivity index (χ2v) is 6.56. The van der Waals surface area contributed by atoms with Crippen LogP contribution in [0.5, 0.6) is 0 Å². The highest BCUT2D eigenvalue weighted by Crippen LogP contribution is 2.28. The monoisotopic (exact) mass is 303 g/mol. The van der Waals surface area contributed by atoms with Crippen molar-refractivity contribution in [2.24, 2.45) is 0 Å². The molecule has 1 aromatic carbocycles. The minimum absolute atomic E-state index is 0.632. The quantitative estimate of drug-likeness (QED) is 0.931. The van der Waals surface area contributed by atoms with E-state index >= 15 is 0 Å². The zero-order valence-electron chi connectivity index (χ0n) is 12.3. The van der Waals surface area contributed by atoms with E-state index in [9.17, 15) is 0 Å². The Labute approximate surface area is 131 Å². The Morgan fingerprint density at radius 2 is 2.19 bits per heavy atom. The van der Waals surface area contributed by atoms with Crippen LogP contribution in [-0.4, -0.2) is 30.1 Å². The topological polar surface area (TPSA) is 39.1 Å². The standard InChI is InChI=1S/C17H22ClN3/c18-15-10-13(11-19)6-7-14(15)12-21-9-2-1-5-17(21)16-4-3-8-20-16/h6-7,10,16-17,20H,1-5,8-9,12H2. The smallest absolute Gasteiger partial charge is 0.0992 e. The summed E-state index contributed by atoms with van der Waals surface area (Å²) in [5.41, 5.74) is 1.77. The van der Waals surface area contributed by atoms with E-state index in [4.69, 9.17) is 16.9 Å². The maximum Gasteiger partial charge on any atom is 0.0992 e. The SMILES string of the molecule is N#Cc1ccc(CN2CCCCC2C2CCCN2)c(Cl)c1. The third-order valence-corrected chi connectivity index (χ3v) is 5.13. The van der Waals surface area contributed by atoms with Gasteiger partial charge in [-0.05, 0) is 56.5 Å². The van der Waals surface area contributed by atoms with Gasteiger partial charge < -0.3 is 5.32 Å². The fourth-order valence-electron chi connectivity index (χ4n) is 3.67. The molecule has 2 aliphatic rings. The van der Waals surface area contributed by atoms with Crippen molar-refractivity contribution in [3.8, 4) is 6.07 Å². The molecule has 1 N–H and O–H groups in total. The van der Waals surface area contributed by atoms with Crippen LogP contribution < -0.4 is 5.32 Å². The fraction of sp³-hybridized carbons (Fsp3) is 0.588. The van der Waals surface area contributed by atoms with E-state index < -0.39 is 0 Å². The van der Waals surface area contributed by atoms with Crippen LogP contribution in [0.4, 0.5) is 0 Å². The number of benzene rings is 1. The van der Waals surface area contributed by atoms with E-state index in [0.717, 1.165) is 30.2 Å². The van der Waals surface area contributed by atoms with Crippen LogP contribution in [0.2, 0.25) is 5.02 Å². The van der Waals surface area contributed by atoms with Gasteiger partial charge in [-0.15, -0.1) is 0 Å². The summed E-state index contributed by atoms with van der Waals surface area (Å²) in [6.07, 6.45) is 6.48. The van der Waals surface area contributed by atoms with E-state index in [0.29, 0.717) is 17.6 Å². The van der Waals surface area contributed by atoms with Gasteiger partial charge in [-0.25, -0.2) is 0 Å². The van der Waals surface area contributed by atoms with Crippen LogP contribution in [0.25, 0.3) is 0 Å². The number of piperidine rings is 1. The predicted molar refractivity (Wildman–Crippen MR) is 85.2 cm³/mol. The molecule has 2 saturated heterocycles. The van der Waals surface area contributed by atoms with Crippen LogP contribution >= 0.6 is 11.6 Å². The van der Waals surface area contributed by atoms with Crippen molar-refractivity contribution in [3.63, 3.8) is 0 Å². The van der Waals surface area contributed by atoms with Gasteiger partial charge in [-0.2, -0.15) is 5.26 Å². The van der Waals surface area contributed by atoms with Crippen LogP contribution in [0, 0.1) is 11.3 Å². The highest BCUT2D eigenvalue weighted by molar-refractivity contribution is 6.31. The zero-order chi connectivity index (χ0) is 14.7.